The fraction of sp³-hybridized carbons (Fsp3) is 0.278. The van der Waals surface area contributed by atoms with Gasteiger partial charge in [0.25, 0.3) is 10.0 Å². The number of sulfonamides is 1. The Morgan fingerprint density at radius 3 is 2.59 bits per heavy atom. The quantitative estimate of drug-likeness (QED) is 0.594. The van der Waals surface area contributed by atoms with E-state index in [9.17, 15) is 13.2 Å². The Kier molecular flexibility index (Phi) is 5.64. The number of hydrogen-bond donors (Lipinski definition) is 4. The zero-order valence-corrected chi connectivity index (χ0v) is 15.8. The normalized spacial score (nSPS) is 19.5. The molecule has 0 aromatic heterocycles. The first-order valence-corrected chi connectivity index (χ1v) is 9.95. The van der Waals surface area contributed by atoms with Gasteiger partial charge in [0, 0.05) is 24.0 Å². The lowest BCUT2D eigenvalue weighted by molar-refractivity contribution is -0.119. The van der Waals surface area contributed by atoms with Gasteiger partial charge in [0.2, 0.25) is 5.91 Å². The van der Waals surface area contributed by atoms with Gasteiger partial charge < -0.3 is 10.1 Å². The third kappa shape index (κ3) is 4.57. The number of ether oxygens (including phenoxy) is 1. The zero-order chi connectivity index (χ0) is 19.4. The van der Waals surface area contributed by atoms with Crippen molar-refractivity contribution in [3.8, 4) is 5.75 Å². The van der Waals surface area contributed by atoms with Crippen LogP contribution in [0.3, 0.4) is 0 Å². The minimum absolute atomic E-state index is 0.190. The van der Waals surface area contributed by atoms with Crippen LogP contribution >= 0.6 is 0 Å². The monoisotopic (exact) mass is 390 g/mol. The topological polar surface area (TPSA) is 109 Å². The minimum Gasteiger partial charge on any atom is -0.497 e. The van der Waals surface area contributed by atoms with Gasteiger partial charge in [0.05, 0.1) is 13.0 Å². The molecular weight excluding hydrogens is 368 g/mol. The van der Waals surface area contributed by atoms with Crippen molar-refractivity contribution in [3.63, 3.8) is 0 Å². The number of aryl methyl sites for hydroxylation is 1. The summed E-state index contributed by atoms with van der Waals surface area (Å²) in [5, 5.41) is 1.63. The number of methoxy groups -OCH3 is 1. The number of rotatable bonds is 6. The number of amides is 1. The Morgan fingerprint density at radius 1 is 1.15 bits per heavy atom. The summed E-state index contributed by atoms with van der Waals surface area (Å²) in [6.07, 6.45) is 0. The number of hydrazine groups is 1. The first-order valence-electron chi connectivity index (χ1n) is 8.40. The molecule has 1 fully saturated rings. The van der Waals surface area contributed by atoms with E-state index in [0.717, 1.165) is 5.56 Å². The first kappa shape index (κ1) is 19.2. The molecule has 0 bridgehead atoms. The van der Waals surface area contributed by atoms with Crippen LogP contribution in [0.1, 0.15) is 5.56 Å². The van der Waals surface area contributed by atoms with Gasteiger partial charge in [-0.1, -0.05) is 23.8 Å². The van der Waals surface area contributed by atoms with E-state index in [0.29, 0.717) is 17.1 Å². The lowest BCUT2D eigenvalue weighted by Crippen LogP contribution is -2.45. The summed E-state index contributed by atoms with van der Waals surface area (Å²) in [5.41, 5.74) is 7.44. The molecule has 0 saturated carbocycles. The minimum atomic E-state index is -3.83. The number of anilines is 2. The molecule has 8 nitrogen and oxygen atoms in total. The smallest absolute Gasteiger partial charge is 0.250 e. The van der Waals surface area contributed by atoms with Crippen LogP contribution in [-0.4, -0.2) is 33.4 Å². The van der Waals surface area contributed by atoms with Gasteiger partial charge in [0.1, 0.15) is 5.75 Å². The van der Waals surface area contributed by atoms with Crippen LogP contribution in [-0.2, 0) is 14.8 Å². The molecule has 2 aromatic rings. The maximum atomic E-state index is 12.7. The van der Waals surface area contributed by atoms with Crippen LogP contribution in [0.5, 0.6) is 5.75 Å². The van der Waals surface area contributed by atoms with Crippen molar-refractivity contribution < 1.29 is 17.9 Å². The molecule has 1 aliphatic rings. The molecule has 1 aliphatic heterocycles. The first-order chi connectivity index (χ1) is 12.9. The molecular formula is C18H22N4O4S. The van der Waals surface area contributed by atoms with Crippen LogP contribution in [0, 0.1) is 12.8 Å². The molecule has 3 rings (SSSR count). The summed E-state index contributed by atoms with van der Waals surface area (Å²) in [4.78, 5) is 12.6. The van der Waals surface area contributed by atoms with E-state index in [4.69, 9.17) is 4.74 Å². The number of benzene rings is 2. The molecule has 144 valence electrons. The molecule has 0 aliphatic carbocycles. The SMILES string of the molecule is COc1cccc(NC(=O)C2CNNC2S(=O)(=O)Nc2ccc(C)cc2)c1. The maximum Gasteiger partial charge on any atom is 0.250 e. The van der Waals surface area contributed by atoms with E-state index in [2.05, 4.69) is 20.9 Å². The molecule has 9 heteroatoms. The molecule has 1 saturated heterocycles. The molecule has 27 heavy (non-hydrogen) atoms. The molecule has 0 spiro atoms. The van der Waals surface area contributed by atoms with Crippen LogP contribution in [0.15, 0.2) is 48.5 Å². The highest BCUT2D eigenvalue weighted by molar-refractivity contribution is 7.93. The fourth-order valence-electron chi connectivity index (χ4n) is 2.79. The van der Waals surface area contributed by atoms with Gasteiger partial charge in [-0.15, -0.1) is 0 Å². The van der Waals surface area contributed by atoms with E-state index in [1.165, 1.54) is 7.11 Å². The summed E-state index contributed by atoms with van der Waals surface area (Å²) >= 11 is 0. The van der Waals surface area contributed by atoms with Crippen LogP contribution in [0.25, 0.3) is 0 Å². The summed E-state index contributed by atoms with van der Waals surface area (Å²) in [6, 6.07) is 13.9. The van der Waals surface area contributed by atoms with Crippen molar-refractivity contribution in [2.75, 3.05) is 23.7 Å². The molecule has 1 amide bonds. The summed E-state index contributed by atoms with van der Waals surface area (Å²) in [5.74, 6) is -0.611. The Hall–Kier alpha value is -2.62. The van der Waals surface area contributed by atoms with Gasteiger partial charge in [-0.25, -0.2) is 13.8 Å². The number of hydrogen-bond acceptors (Lipinski definition) is 6. The lowest BCUT2D eigenvalue weighted by atomic mass is 10.1. The molecule has 2 atom stereocenters. The van der Waals surface area contributed by atoms with Crippen molar-refractivity contribution in [1.82, 2.24) is 10.9 Å². The van der Waals surface area contributed by atoms with Crippen molar-refractivity contribution in [2.45, 2.75) is 12.3 Å². The van der Waals surface area contributed by atoms with E-state index in [-0.39, 0.29) is 6.54 Å². The second-order valence-corrected chi connectivity index (χ2v) is 8.09. The number of carbonyl (C=O) groups is 1. The van der Waals surface area contributed by atoms with Crippen LogP contribution < -0.4 is 25.6 Å². The highest BCUT2D eigenvalue weighted by atomic mass is 32.2. The van der Waals surface area contributed by atoms with Crippen molar-refractivity contribution in [1.29, 1.82) is 0 Å². The Balaban J connectivity index is 1.73. The molecule has 2 unspecified atom stereocenters. The van der Waals surface area contributed by atoms with E-state index in [1.807, 2.05) is 19.1 Å². The summed E-state index contributed by atoms with van der Waals surface area (Å²) in [7, 11) is -2.30. The van der Waals surface area contributed by atoms with Gasteiger partial charge in [0.15, 0.2) is 5.37 Å². The standard InChI is InChI=1S/C18H22N4O4S/c1-12-6-8-13(9-7-12)22-27(24,25)18-16(11-19-21-18)17(23)20-14-4-3-5-15(10-14)26-2/h3-10,16,18-19,21-22H,11H2,1-2H3,(H,20,23). The van der Waals surface area contributed by atoms with Crippen LogP contribution in [0.2, 0.25) is 0 Å². The van der Waals surface area contributed by atoms with Crippen molar-refractivity contribution in [3.05, 3.63) is 54.1 Å². The fourth-order valence-corrected chi connectivity index (χ4v) is 4.27. The largest absolute Gasteiger partial charge is 0.497 e. The highest BCUT2D eigenvalue weighted by Crippen LogP contribution is 2.22. The van der Waals surface area contributed by atoms with Crippen LogP contribution in [0.4, 0.5) is 11.4 Å². The third-order valence-corrected chi connectivity index (χ3v) is 5.89. The zero-order valence-electron chi connectivity index (χ0n) is 15.0. The molecule has 4 N–H and O–H groups in total. The Morgan fingerprint density at radius 2 is 1.89 bits per heavy atom. The predicted molar refractivity (Wildman–Crippen MR) is 104 cm³/mol. The van der Waals surface area contributed by atoms with E-state index >= 15 is 0 Å². The number of carbonyl (C=O) groups excluding carboxylic acids is 1. The van der Waals surface area contributed by atoms with Crippen molar-refractivity contribution >= 4 is 27.3 Å². The summed E-state index contributed by atoms with van der Waals surface area (Å²) < 4.78 is 33.1. The lowest BCUT2D eigenvalue weighted by Gasteiger charge is -2.19. The van der Waals surface area contributed by atoms with Crippen molar-refractivity contribution in [2.24, 2.45) is 5.92 Å². The number of nitrogens with one attached hydrogen (secondary N) is 4. The second kappa shape index (κ2) is 7.95. The average molecular weight is 390 g/mol. The Labute approximate surface area is 158 Å². The van der Waals surface area contributed by atoms with Gasteiger partial charge >= 0.3 is 0 Å². The predicted octanol–water partition coefficient (Wildman–Crippen LogP) is 1.43. The molecule has 1 heterocycles. The van der Waals surface area contributed by atoms with Gasteiger partial charge in [-0.3, -0.25) is 14.9 Å². The maximum absolute atomic E-state index is 12.7. The molecule has 0 radical (unpaired) electrons. The van der Waals surface area contributed by atoms with Gasteiger partial charge in [-0.2, -0.15) is 0 Å². The van der Waals surface area contributed by atoms with Gasteiger partial charge in [-0.05, 0) is 31.2 Å². The molecule has 2 aromatic carbocycles. The average Bonchev–Trinajstić information content (AvgIpc) is 3.15. The van der Waals surface area contributed by atoms with E-state index < -0.39 is 27.2 Å². The summed E-state index contributed by atoms with van der Waals surface area (Å²) in [6.45, 7) is 2.11. The Bertz CT molecular complexity index is 915. The van der Waals surface area contributed by atoms with E-state index in [1.54, 1.807) is 36.4 Å². The highest BCUT2D eigenvalue weighted by Gasteiger charge is 2.41. The third-order valence-electron chi connectivity index (χ3n) is 4.25. The second-order valence-electron chi connectivity index (χ2n) is 6.29.